The number of nitrogens with zero attached hydrogens (tertiary/aromatic N) is 3. The molecule has 3 aliphatic rings. The third kappa shape index (κ3) is 4.42. The largest absolute Gasteiger partial charge is 0.351 e. The van der Waals surface area contributed by atoms with Gasteiger partial charge in [-0.25, -0.2) is 0 Å². The zero-order valence-corrected chi connectivity index (χ0v) is 20.0. The van der Waals surface area contributed by atoms with E-state index >= 15 is 0 Å². The zero-order chi connectivity index (χ0) is 22.8. The van der Waals surface area contributed by atoms with Crippen molar-refractivity contribution >= 4 is 22.7 Å². The zero-order valence-electron chi connectivity index (χ0n) is 20.0. The summed E-state index contributed by atoms with van der Waals surface area (Å²) in [6.07, 6.45) is 10.7. The maximum Gasteiger partial charge on any atom is 0.271 e. The molecule has 3 heterocycles. The summed E-state index contributed by atoms with van der Waals surface area (Å²) in [6.45, 7) is 6.08. The van der Waals surface area contributed by atoms with E-state index in [9.17, 15) is 9.59 Å². The third-order valence-corrected chi connectivity index (χ3v) is 8.10. The standard InChI is InChI=1S/C27H38N4O2/c1-27(26(33)28-22-12-5-4-6-13-22)20-30-23-14-8-7-11-21(23)19-24(30)25(32)31(27)18-17-29-15-9-2-3-10-16-29/h7-8,11,14,19,22H,2-6,9-10,12-13,15-18,20H2,1H3,(H,28,33)/t27-/m0/s1. The van der Waals surface area contributed by atoms with Crippen LogP contribution in [-0.2, 0) is 11.3 Å². The average Bonchev–Trinajstić information content (AvgIpc) is 3.00. The first-order valence-corrected chi connectivity index (χ1v) is 13.0. The fourth-order valence-corrected chi connectivity index (χ4v) is 6.05. The Morgan fingerprint density at radius 1 is 1.00 bits per heavy atom. The van der Waals surface area contributed by atoms with Gasteiger partial charge in [0.1, 0.15) is 11.2 Å². The highest BCUT2D eigenvalue weighted by atomic mass is 16.2. The Morgan fingerprint density at radius 3 is 2.45 bits per heavy atom. The molecule has 1 saturated carbocycles. The maximum atomic E-state index is 13.8. The third-order valence-electron chi connectivity index (χ3n) is 8.10. The van der Waals surface area contributed by atoms with Crippen LogP contribution in [0.2, 0.25) is 0 Å². The fraction of sp³-hybridized carbons (Fsp3) is 0.630. The molecular weight excluding hydrogens is 412 g/mol. The summed E-state index contributed by atoms with van der Waals surface area (Å²) in [6, 6.07) is 10.3. The summed E-state index contributed by atoms with van der Waals surface area (Å²) in [5.74, 6) is -0.0180. The van der Waals surface area contributed by atoms with Crippen molar-refractivity contribution in [2.45, 2.75) is 82.8 Å². The summed E-state index contributed by atoms with van der Waals surface area (Å²) in [5.41, 5.74) is 0.842. The van der Waals surface area contributed by atoms with Crippen LogP contribution in [0.3, 0.4) is 0 Å². The number of carbonyl (C=O) groups excluding carboxylic acids is 2. The number of likely N-dealkylation sites (tertiary alicyclic amines) is 1. The van der Waals surface area contributed by atoms with Gasteiger partial charge in [0.25, 0.3) is 5.91 Å². The van der Waals surface area contributed by atoms with Crippen LogP contribution in [0.4, 0.5) is 0 Å². The molecule has 0 bridgehead atoms. The summed E-state index contributed by atoms with van der Waals surface area (Å²) in [7, 11) is 0. The SMILES string of the molecule is C[C@@]1(C(=O)NC2CCCCC2)Cn2c(cc3ccccc32)C(=O)N1CCN1CCCCCC1. The van der Waals surface area contributed by atoms with Crippen LogP contribution in [0.1, 0.15) is 75.2 Å². The summed E-state index contributed by atoms with van der Waals surface area (Å²) < 4.78 is 2.07. The van der Waals surface area contributed by atoms with E-state index < -0.39 is 5.54 Å². The van der Waals surface area contributed by atoms with E-state index in [0.717, 1.165) is 43.4 Å². The molecule has 1 aromatic carbocycles. The van der Waals surface area contributed by atoms with Gasteiger partial charge in [0.05, 0.1) is 6.54 Å². The van der Waals surface area contributed by atoms with E-state index in [1.807, 2.05) is 30.0 Å². The Labute approximate surface area is 197 Å². The molecule has 2 aliphatic heterocycles. The lowest BCUT2D eigenvalue weighted by Gasteiger charge is -2.45. The molecule has 1 saturated heterocycles. The summed E-state index contributed by atoms with van der Waals surface area (Å²) >= 11 is 0. The molecule has 2 fully saturated rings. The van der Waals surface area contributed by atoms with E-state index in [1.165, 1.54) is 44.9 Å². The van der Waals surface area contributed by atoms with Gasteiger partial charge in [-0.05, 0) is 57.8 Å². The van der Waals surface area contributed by atoms with Crippen molar-refractivity contribution in [1.82, 2.24) is 19.7 Å². The molecule has 6 heteroatoms. The Morgan fingerprint density at radius 2 is 1.70 bits per heavy atom. The minimum Gasteiger partial charge on any atom is -0.351 e. The first kappa shape index (κ1) is 22.5. The van der Waals surface area contributed by atoms with E-state index in [0.29, 0.717) is 18.8 Å². The Bertz CT molecular complexity index is 1000. The lowest BCUT2D eigenvalue weighted by atomic mass is 9.91. The highest BCUT2D eigenvalue weighted by Crippen LogP contribution is 2.33. The number of benzene rings is 1. The molecule has 0 unspecified atom stereocenters. The highest BCUT2D eigenvalue weighted by molar-refractivity contribution is 6.03. The van der Waals surface area contributed by atoms with Crippen LogP contribution >= 0.6 is 0 Å². The first-order valence-electron chi connectivity index (χ1n) is 13.0. The van der Waals surface area contributed by atoms with Gasteiger partial charge in [-0.2, -0.15) is 0 Å². The number of para-hydroxylation sites is 1. The van der Waals surface area contributed by atoms with Crippen molar-refractivity contribution < 1.29 is 9.59 Å². The molecule has 5 rings (SSSR count). The second-order valence-electron chi connectivity index (χ2n) is 10.5. The monoisotopic (exact) mass is 450 g/mol. The Hall–Kier alpha value is -2.34. The smallest absolute Gasteiger partial charge is 0.271 e. The molecule has 178 valence electrons. The van der Waals surface area contributed by atoms with Gasteiger partial charge in [0.2, 0.25) is 5.91 Å². The first-order chi connectivity index (χ1) is 16.1. The normalized spacial score (nSPS) is 25.1. The summed E-state index contributed by atoms with van der Waals surface area (Å²) in [5, 5.41) is 4.40. The predicted octanol–water partition coefficient (Wildman–Crippen LogP) is 4.18. The van der Waals surface area contributed by atoms with Crippen LogP contribution in [0.5, 0.6) is 0 Å². The molecule has 0 spiro atoms. The van der Waals surface area contributed by atoms with Gasteiger partial charge in [-0.1, -0.05) is 50.3 Å². The number of amides is 2. The van der Waals surface area contributed by atoms with E-state index in [2.05, 4.69) is 26.9 Å². The Balaban J connectivity index is 1.44. The maximum absolute atomic E-state index is 13.8. The van der Waals surface area contributed by atoms with Crippen molar-refractivity contribution in [3.63, 3.8) is 0 Å². The van der Waals surface area contributed by atoms with E-state index in [4.69, 9.17) is 0 Å². The van der Waals surface area contributed by atoms with Crippen LogP contribution in [0, 0.1) is 0 Å². The second-order valence-corrected chi connectivity index (χ2v) is 10.5. The molecule has 1 aromatic heterocycles. The number of aromatic nitrogens is 1. The van der Waals surface area contributed by atoms with Crippen LogP contribution in [-0.4, -0.2) is 63.9 Å². The van der Waals surface area contributed by atoms with Gasteiger partial charge >= 0.3 is 0 Å². The molecule has 2 aromatic rings. The van der Waals surface area contributed by atoms with Gasteiger partial charge in [-0.15, -0.1) is 0 Å². The van der Waals surface area contributed by atoms with Gasteiger partial charge in [0.15, 0.2) is 0 Å². The number of fused-ring (bicyclic) bond motifs is 3. The minimum atomic E-state index is -0.894. The number of carbonyl (C=O) groups is 2. The Kier molecular flexibility index (Phi) is 6.46. The van der Waals surface area contributed by atoms with Crippen LogP contribution in [0.25, 0.3) is 10.9 Å². The number of hydrogen-bond acceptors (Lipinski definition) is 3. The molecule has 1 aliphatic carbocycles. The van der Waals surface area contributed by atoms with Crippen molar-refractivity contribution in [2.24, 2.45) is 0 Å². The molecule has 0 radical (unpaired) electrons. The molecule has 1 atom stereocenters. The average molecular weight is 451 g/mol. The van der Waals surface area contributed by atoms with Gasteiger partial charge < -0.3 is 19.7 Å². The predicted molar refractivity (Wildman–Crippen MR) is 131 cm³/mol. The van der Waals surface area contributed by atoms with Crippen molar-refractivity contribution in [3.05, 3.63) is 36.0 Å². The van der Waals surface area contributed by atoms with E-state index in [1.54, 1.807) is 0 Å². The molecule has 1 N–H and O–H groups in total. The fourth-order valence-electron chi connectivity index (χ4n) is 6.05. The van der Waals surface area contributed by atoms with Gasteiger partial charge in [-0.3, -0.25) is 9.59 Å². The molecule has 33 heavy (non-hydrogen) atoms. The van der Waals surface area contributed by atoms with E-state index in [-0.39, 0.29) is 17.9 Å². The van der Waals surface area contributed by atoms with Crippen LogP contribution in [0.15, 0.2) is 30.3 Å². The van der Waals surface area contributed by atoms with Crippen LogP contribution < -0.4 is 5.32 Å². The molecule has 2 amide bonds. The highest BCUT2D eigenvalue weighted by Gasteiger charge is 2.48. The number of nitrogens with one attached hydrogen (secondary N) is 1. The lowest BCUT2D eigenvalue weighted by Crippen LogP contribution is -2.65. The molecular formula is C27H38N4O2. The number of hydrogen-bond donors (Lipinski definition) is 1. The number of rotatable bonds is 5. The molecule has 6 nitrogen and oxygen atoms in total. The van der Waals surface area contributed by atoms with Gasteiger partial charge in [0, 0.05) is 30.0 Å². The lowest BCUT2D eigenvalue weighted by molar-refractivity contribution is -0.133. The van der Waals surface area contributed by atoms with Crippen molar-refractivity contribution in [3.8, 4) is 0 Å². The topological polar surface area (TPSA) is 57.6 Å². The quantitative estimate of drug-likeness (QED) is 0.743. The minimum absolute atomic E-state index is 0.00190. The summed E-state index contributed by atoms with van der Waals surface area (Å²) in [4.78, 5) is 32.0. The van der Waals surface area contributed by atoms with Crippen molar-refractivity contribution in [1.29, 1.82) is 0 Å². The van der Waals surface area contributed by atoms with Crippen molar-refractivity contribution in [2.75, 3.05) is 26.2 Å². The second kappa shape index (κ2) is 9.49.